The van der Waals surface area contributed by atoms with Crippen molar-refractivity contribution in [3.8, 4) is 5.82 Å². The molecule has 1 atom stereocenters. The molecular weight excluding hydrogens is 464 g/mol. The van der Waals surface area contributed by atoms with Crippen molar-refractivity contribution < 1.29 is 4.79 Å². The maximum absolute atomic E-state index is 13.4. The van der Waals surface area contributed by atoms with Gasteiger partial charge in [-0.25, -0.2) is 9.83 Å². The second kappa shape index (κ2) is 11.2. The Kier molecular flexibility index (Phi) is 7.83. The van der Waals surface area contributed by atoms with Crippen LogP contribution in [0.25, 0.3) is 10.7 Å². The summed E-state index contributed by atoms with van der Waals surface area (Å²) in [7, 11) is 1.76. The number of carbonyl (C=O) groups excluding carboxylic acids is 1. The Balaban J connectivity index is 1.56. The summed E-state index contributed by atoms with van der Waals surface area (Å²) in [5, 5.41) is 9.90. The van der Waals surface area contributed by atoms with Gasteiger partial charge in [-0.15, -0.1) is 0 Å². The summed E-state index contributed by atoms with van der Waals surface area (Å²) < 4.78 is 1.83. The van der Waals surface area contributed by atoms with E-state index in [0.717, 1.165) is 36.9 Å². The van der Waals surface area contributed by atoms with E-state index in [1.807, 2.05) is 23.8 Å². The van der Waals surface area contributed by atoms with Gasteiger partial charge in [0.25, 0.3) is 0 Å². The van der Waals surface area contributed by atoms with Gasteiger partial charge >= 0.3 is 0 Å². The number of hydrogen-bond donors (Lipinski definition) is 3. The van der Waals surface area contributed by atoms with Crippen LogP contribution in [0.5, 0.6) is 0 Å². The van der Waals surface area contributed by atoms with E-state index >= 15 is 0 Å². The van der Waals surface area contributed by atoms with Crippen molar-refractivity contribution in [3.05, 3.63) is 64.5 Å². The molecule has 9 nitrogen and oxygen atoms in total. The minimum absolute atomic E-state index is 0.105. The molecule has 1 aromatic carbocycles. The fourth-order valence-corrected chi connectivity index (χ4v) is 4.61. The third-order valence-electron chi connectivity index (χ3n) is 6.24. The van der Waals surface area contributed by atoms with E-state index in [2.05, 4.69) is 35.7 Å². The molecule has 1 aliphatic carbocycles. The van der Waals surface area contributed by atoms with E-state index < -0.39 is 6.04 Å². The first-order chi connectivity index (χ1) is 17.0. The SMILES string of the molecule is [C-]#[N+]c1ccc(CNC(=O)C(Nc2cc(-n3cnc(C)c3)nc(NC)n2)C2CCCCC2)c(Cl)c1. The van der Waals surface area contributed by atoms with Gasteiger partial charge in [0, 0.05) is 30.9 Å². The zero-order chi connectivity index (χ0) is 24.8. The van der Waals surface area contributed by atoms with Crippen LogP contribution in [0.3, 0.4) is 0 Å². The van der Waals surface area contributed by atoms with Gasteiger partial charge in [-0.3, -0.25) is 9.36 Å². The number of nitrogens with one attached hydrogen (secondary N) is 3. The quantitative estimate of drug-likeness (QED) is 0.387. The molecule has 3 N–H and O–H groups in total. The van der Waals surface area contributed by atoms with E-state index in [0.29, 0.717) is 28.3 Å². The summed E-state index contributed by atoms with van der Waals surface area (Å²) in [6.45, 7) is 9.33. The minimum atomic E-state index is -0.450. The third-order valence-corrected chi connectivity index (χ3v) is 6.59. The first kappa shape index (κ1) is 24.5. The largest absolute Gasteiger partial charge is 0.358 e. The zero-order valence-corrected chi connectivity index (χ0v) is 20.6. The number of halogens is 1. The van der Waals surface area contributed by atoms with Gasteiger partial charge in [0.05, 0.1) is 12.3 Å². The van der Waals surface area contributed by atoms with Crippen LogP contribution >= 0.6 is 11.6 Å². The van der Waals surface area contributed by atoms with Gasteiger partial charge < -0.3 is 16.0 Å². The summed E-state index contributed by atoms with van der Waals surface area (Å²) in [5.74, 6) is 1.76. The highest BCUT2D eigenvalue weighted by Gasteiger charge is 2.30. The number of nitrogens with zero attached hydrogens (tertiary/aromatic N) is 5. The topological polar surface area (TPSA) is 101 Å². The molecular formula is C25H29ClN8O. The van der Waals surface area contributed by atoms with Crippen LogP contribution < -0.4 is 16.0 Å². The van der Waals surface area contributed by atoms with Crippen LogP contribution in [-0.2, 0) is 11.3 Å². The molecule has 0 spiro atoms. The number of anilines is 2. The predicted molar refractivity (Wildman–Crippen MR) is 137 cm³/mol. The van der Waals surface area contributed by atoms with Crippen molar-refractivity contribution in [2.24, 2.45) is 5.92 Å². The Morgan fingerprint density at radius 2 is 2.06 bits per heavy atom. The van der Waals surface area contributed by atoms with Crippen LogP contribution in [0.4, 0.5) is 17.5 Å². The van der Waals surface area contributed by atoms with Crippen molar-refractivity contribution in [1.82, 2.24) is 24.8 Å². The highest BCUT2D eigenvalue weighted by Crippen LogP contribution is 2.29. The summed E-state index contributed by atoms with van der Waals surface area (Å²) in [4.78, 5) is 30.2. The second-order valence-electron chi connectivity index (χ2n) is 8.73. The maximum Gasteiger partial charge on any atom is 0.243 e. The second-order valence-corrected chi connectivity index (χ2v) is 9.14. The first-order valence-electron chi connectivity index (χ1n) is 11.7. The van der Waals surface area contributed by atoms with Gasteiger partial charge in [0.15, 0.2) is 5.69 Å². The number of aromatic nitrogens is 4. The van der Waals surface area contributed by atoms with E-state index in [-0.39, 0.29) is 18.4 Å². The Morgan fingerprint density at radius 1 is 1.26 bits per heavy atom. The summed E-state index contributed by atoms with van der Waals surface area (Å²) in [6.07, 6.45) is 8.94. The van der Waals surface area contributed by atoms with Crippen LogP contribution in [0, 0.1) is 19.4 Å². The van der Waals surface area contributed by atoms with Gasteiger partial charge in [-0.1, -0.05) is 43.0 Å². The van der Waals surface area contributed by atoms with Crippen molar-refractivity contribution in [3.63, 3.8) is 0 Å². The van der Waals surface area contributed by atoms with Gasteiger partial charge in [-0.05, 0) is 37.3 Å². The standard InChI is InChI=1S/C25H29ClN8O/c1-16-14-34(15-30-16)22-12-21(32-25(28-3)33-22)31-23(17-7-5-4-6-8-17)24(35)29-13-18-9-10-19(27-2)11-20(18)26/h9-12,14-15,17,23H,4-8,13H2,1,3H3,(H,29,35)(H2,28,31,32,33). The minimum Gasteiger partial charge on any atom is -0.358 e. The average molecular weight is 493 g/mol. The summed E-state index contributed by atoms with van der Waals surface area (Å²) in [6, 6.07) is 6.48. The Morgan fingerprint density at radius 3 is 2.71 bits per heavy atom. The average Bonchev–Trinajstić information content (AvgIpc) is 3.33. The molecule has 1 aliphatic rings. The van der Waals surface area contributed by atoms with Gasteiger partial charge in [0.1, 0.15) is 24.0 Å². The molecule has 1 amide bonds. The van der Waals surface area contributed by atoms with Crippen molar-refractivity contribution >= 4 is 35.0 Å². The molecule has 35 heavy (non-hydrogen) atoms. The predicted octanol–water partition coefficient (Wildman–Crippen LogP) is 4.89. The molecule has 1 unspecified atom stereocenters. The lowest BCUT2D eigenvalue weighted by Gasteiger charge is -2.30. The molecule has 0 aliphatic heterocycles. The number of hydrogen-bond acceptors (Lipinski definition) is 6. The Labute approximate surface area is 210 Å². The molecule has 1 fully saturated rings. The lowest BCUT2D eigenvalue weighted by Crippen LogP contribution is -2.45. The van der Waals surface area contributed by atoms with E-state index in [9.17, 15) is 4.79 Å². The lowest BCUT2D eigenvalue weighted by molar-refractivity contribution is -0.123. The number of amides is 1. The van der Waals surface area contributed by atoms with Crippen molar-refractivity contribution in [1.29, 1.82) is 0 Å². The fraction of sp³-hybridized carbons (Fsp3) is 0.400. The molecule has 10 heteroatoms. The Hall–Kier alpha value is -3.64. The van der Waals surface area contributed by atoms with E-state index in [4.69, 9.17) is 18.2 Å². The van der Waals surface area contributed by atoms with Crippen LogP contribution in [0.1, 0.15) is 43.4 Å². The number of carbonyl (C=O) groups is 1. The van der Waals surface area contributed by atoms with Crippen molar-refractivity contribution in [2.75, 3.05) is 17.7 Å². The number of imidazole rings is 1. The molecule has 2 aromatic heterocycles. The number of rotatable bonds is 8. The molecule has 4 rings (SSSR count). The smallest absolute Gasteiger partial charge is 0.243 e. The maximum atomic E-state index is 13.4. The van der Waals surface area contributed by atoms with Crippen LogP contribution in [0.15, 0.2) is 36.8 Å². The van der Waals surface area contributed by atoms with Gasteiger partial charge in [0.2, 0.25) is 11.9 Å². The van der Waals surface area contributed by atoms with E-state index in [1.54, 1.807) is 31.6 Å². The number of benzene rings is 1. The molecule has 0 saturated heterocycles. The molecule has 182 valence electrons. The summed E-state index contributed by atoms with van der Waals surface area (Å²) >= 11 is 6.32. The molecule has 0 radical (unpaired) electrons. The zero-order valence-electron chi connectivity index (χ0n) is 19.9. The van der Waals surface area contributed by atoms with Crippen molar-refractivity contribution in [2.45, 2.75) is 51.6 Å². The molecule has 3 aromatic rings. The van der Waals surface area contributed by atoms with Crippen LogP contribution in [0.2, 0.25) is 5.02 Å². The van der Waals surface area contributed by atoms with E-state index in [1.165, 1.54) is 6.42 Å². The third kappa shape index (κ3) is 6.08. The highest BCUT2D eigenvalue weighted by molar-refractivity contribution is 6.31. The molecule has 0 bridgehead atoms. The van der Waals surface area contributed by atoms with Gasteiger partial charge in [-0.2, -0.15) is 9.97 Å². The normalized spacial score (nSPS) is 14.7. The lowest BCUT2D eigenvalue weighted by atomic mass is 9.83. The fourth-order valence-electron chi connectivity index (χ4n) is 4.36. The Bertz CT molecular complexity index is 1230. The van der Waals surface area contributed by atoms with Crippen LogP contribution in [-0.4, -0.2) is 38.5 Å². The highest BCUT2D eigenvalue weighted by atomic mass is 35.5. The summed E-state index contributed by atoms with van der Waals surface area (Å²) in [5.41, 5.74) is 2.12. The number of aryl methyl sites for hydroxylation is 1. The molecule has 1 saturated carbocycles. The molecule has 2 heterocycles. The first-order valence-corrected chi connectivity index (χ1v) is 12.1. The monoisotopic (exact) mass is 492 g/mol.